The Kier molecular flexibility index (Phi) is 11.1. The number of carbonyl (C=O) groups excluding carboxylic acids is 1. The van der Waals surface area contributed by atoms with Crippen molar-refractivity contribution in [1.82, 2.24) is 9.62 Å². The molecular weight excluding hydrogens is 484 g/mol. The second-order valence-electron chi connectivity index (χ2n) is 7.90. The molecular formula is C27H35F2N3O3S. The van der Waals surface area contributed by atoms with Crippen LogP contribution in [0.5, 0.6) is 5.75 Å². The summed E-state index contributed by atoms with van der Waals surface area (Å²) in [5.74, 6) is 0.360. The molecule has 2 aromatic carbocycles. The molecule has 1 aliphatic carbocycles. The van der Waals surface area contributed by atoms with Crippen LogP contribution in [-0.4, -0.2) is 37.8 Å². The van der Waals surface area contributed by atoms with Gasteiger partial charge in [-0.3, -0.25) is 4.79 Å². The second kappa shape index (κ2) is 13.8. The molecule has 6 nitrogen and oxygen atoms in total. The molecule has 1 amide bonds. The number of ether oxygens (including phenoxy) is 2. The van der Waals surface area contributed by atoms with Crippen molar-refractivity contribution in [3.63, 3.8) is 0 Å². The van der Waals surface area contributed by atoms with E-state index in [1.807, 2.05) is 19.9 Å². The Morgan fingerprint density at radius 3 is 2.42 bits per heavy atom. The number of benzene rings is 2. The molecule has 36 heavy (non-hydrogen) atoms. The van der Waals surface area contributed by atoms with E-state index >= 15 is 0 Å². The molecule has 0 aliphatic heterocycles. The smallest absolute Gasteiger partial charge is 0.215 e. The van der Waals surface area contributed by atoms with Crippen molar-refractivity contribution in [3.8, 4) is 5.75 Å². The van der Waals surface area contributed by atoms with Gasteiger partial charge in [-0.2, -0.15) is 0 Å². The fourth-order valence-electron chi connectivity index (χ4n) is 3.51. The minimum Gasteiger partial charge on any atom is -0.495 e. The summed E-state index contributed by atoms with van der Waals surface area (Å²) < 4.78 is 42.5. The Balaban J connectivity index is 0.00000222. The number of aryl methyl sites for hydroxylation is 1. The van der Waals surface area contributed by atoms with E-state index in [1.54, 1.807) is 45.2 Å². The monoisotopic (exact) mass is 519 g/mol. The van der Waals surface area contributed by atoms with E-state index in [0.29, 0.717) is 23.7 Å². The Labute approximate surface area is 216 Å². The Morgan fingerprint density at radius 1 is 1.14 bits per heavy atom. The zero-order valence-electron chi connectivity index (χ0n) is 21.8. The molecule has 1 fully saturated rings. The number of halogens is 2. The van der Waals surface area contributed by atoms with Crippen molar-refractivity contribution in [2.75, 3.05) is 26.6 Å². The summed E-state index contributed by atoms with van der Waals surface area (Å²) in [5, 5.41) is 3.20. The Bertz CT molecular complexity index is 1110. The molecule has 2 atom stereocenters. The molecule has 9 heteroatoms. The molecule has 0 aromatic heterocycles. The lowest BCUT2D eigenvalue weighted by Gasteiger charge is -2.24. The van der Waals surface area contributed by atoms with E-state index in [2.05, 4.69) is 10.0 Å². The number of methoxy groups -OCH3 is 2. The predicted molar refractivity (Wildman–Crippen MR) is 143 cm³/mol. The van der Waals surface area contributed by atoms with Crippen LogP contribution < -0.4 is 14.8 Å². The van der Waals surface area contributed by atoms with E-state index in [1.165, 1.54) is 43.2 Å². The Morgan fingerprint density at radius 2 is 1.86 bits per heavy atom. The van der Waals surface area contributed by atoms with Gasteiger partial charge in [-0.25, -0.2) is 8.78 Å². The standard InChI is InChI=1S/C25H29F2N3O3S.C2H6/c1-6-21(32-4)24(25(30(3)14-31)28-20-9-7-15(2)11-18(20)26)29-34-23-13-17(23)16-8-10-22(33-5)19(27)12-16;1-2/h6-12,14,17,23,28-29H,13H2,1-5H3;1-2H3/b21-6+,25-24+;. The van der Waals surface area contributed by atoms with Crippen molar-refractivity contribution in [1.29, 1.82) is 0 Å². The van der Waals surface area contributed by atoms with Crippen LogP contribution in [-0.2, 0) is 9.53 Å². The first-order valence-corrected chi connectivity index (χ1v) is 12.6. The predicted octanol–water partition coefficient (Wildman–Crippen LogP) is 6.32. The molecule has 196 valence electrons. The van der Waals surface area contributed by atoms with E-state index in [-0.39, 0.29) is 28.4 Å². The number of anilines is 1. The first-order valence-electron chi connectivity index (χ1n) is 11.7. The molecule has 2 unspecified atom stereocenters. The first kappa shape index (κ1) is 29.0. The van der Waals surface area contributed by atoms with Gasteiger partial charge in [0.1, 0.15) is 23.1 Å². The quantitative estimate of drug-likeness (QED) is 0.157. The normalized spacial score (nSPS) is 17.2. The van der Waals surface area contributed by atoms with Crippen molar-refractivity contribution in [3.05, 3.63) is 82.5 Å². The average Bonchev–Trinajstić information content (AvgIpc) is 3.67. The molecule has 2 N–H and O–H groups in total. The number of hydrogen-bond acceptors (Lipinski definition) is 6. The zero-order valence-corrected chi connectivity index (χ0v) is 22.6. The highest BCUT2D eigenvalue weighted by molar-refractivity contribution is 7.98. The minimum absolute atomic E-state index is 0.172. The van der Waals surface area contributed by atoms with Gasteiger partial charge < -0.3 is 24.4 Å². The maximum Gasteiger partial charge on any atom is 0.215 e. The van der Waals surface area contributed by atoms with Gasteiger partial charge in [-0.15, -0.1) is 0 Å². The highest BCUT2D eigenvalue weighted by Crippen LogP contribution is 2.49. The highest BCUT2D eigenvalue weighted by atomic mass is 32.2. The summed E-state index contributed by atoms with van der Waals surface area (Å²) in [7, 11) is 4.52. The Hall–Kier alpha value is -3.20. The number of rotatable bonds is 11. The second-order valence-corrected chi connectivity index (χ2v) is 8.95. The minimum atomic E-state index is -0.438. The first-order chi connectivity index (χ1) is 17.3. The van der Waals surface area contributed by atoms with Crippen molar-refractivity contribution in [2.24, 2.45) is 0 Å². The molecule has 0 spiro atoms. The van der Waals surface area contributed by atoms with E-state index < -0.39 is 5.82 Å². The topological polar surface area (TPSA) is 62.8 Å². The number of nitrogens with zero attached hydrogens (tertiary/aromatic N) is 1. The molecule has 3 rings (SSSR count). The van der Waals surface area contributed by atoms with E-state index in [4.69, 9.17) is 9.47 Å². The zero-order chi connectivity index (χ0) is 26.8. The van der Waals surface area contributed by atoms with Gasteiger partial charge in [0.25, 0.3) is 0 Å². The number of hydrogen-bond donors (Lipinski definition) is 2. The fraction of sp³-hybridized carbons (Fsp3) is 0.370. The molecule has 1 aliphatic rings. The van der Waals surface area contributed by atoms with Gasteiger partial charge in [0.05, 0.1) is 19.9 Å². The van der Waals surface area contributed by atoms with Gasteiger partial charge in [-0.1, -0.05) is 26.0 Å². The molecule has 1 saturated carbocycles. The number of amides is 1. The van der Waals surface area contributed by atoms with Crippen LogP contribution in [0.15, 0.2) is 59.8 Å². The summed E-state index contributed by atoms with van der Waals surface area (Å²) in [6.07, 6.45) is 3.23. The summed E-state index contributed by atoms with van der Waals surface area (Å²) in [6.45, 7) is 7.60. The fourth-order valence-corrected chi connectivity index (χ4v) is 4.60. The highest BCUT2D eigenvalue weighted by Gasteiger charge is 2.40. The van der Waals surface area contributed by atoms with Crippen molar-refractivity contribution in [2.45, 2.75) is 45.3 Å². The van der Waals surface area contributed by atoms with Gasteiger partial charge in [0.2, 0.25) is 6.41 Å². The third-order valence-electron chi connectivity index (χ3n) is 5.50. The van der Waals surface area contributed by atoms with Crippen LogP contribution in [0.25, 0.3) is 0 Å². The number of nitrogens with one attached hydrogen (secondary N) is 2. The number of carbonyl (C=O) groups is 1. The largest absolute Gasteiger partial charge is 0.495 e. The summed E-state index contributed by atoms with van der Waals surface area (Å²) in [5.41, 5.74) is 2.39. The van der Waals surface area contributed by atoms with Crippen LogP contribution in [0.2, 0.25) is 0 Å². The summed E-state index contributed by atoms with van der Waals surface area (Å²) in [6, 6.07) is 9.80. The van der Waals surface area contributed by atoms with Crippen LogP contribution in [0.4, 0.5) is 14.5 Å². The summed E-state index contributed by atoms with van der Waals surface area (Å²) in [4.78, 5) is 13.0. The van der Waals surface area contributed by atoms with Gasteiger partial charge in [-0.05, 0) is 79.6 Å². The van der Waals surface area contributed by atoms with E-state index in [9.17, 15) is 13.6 Å². The van der Waals surface area contributed by atoms with Gasteiger partial charge in [0, 0.05) is 12.3 Å². The third kappa shape index (κ3) is 7.16. The van der Waals surface area contributed by atoms with Crippen molar-refractivity contribution >= 4 is 24.0 Å². The molecule has 0 saturated heterocycles. The van der Waals surface area contributed by atoms with Crippen LogP contribution in [0, 0.1) is 18.6 Å². The molecule has 0 bridgehead atoms. The maximum absolute atomic E-state index is 14.6. The van der Waals surface area contributed by atoms with Gasteiger partial charge in [0.15, 0.2) is 11.6 Å². The van der Waals surface area contributed by atoms with Gasteiger partial charge >= 0.3 is 0 Å². The van der Waals surface area contributed by atoms with Crippen molar-refractivity contribution < 1.29 is 23.0 Å². The lowest BCUT2D eigenvalue weighted by atomic mass is 10.1. The van der Waals surface area contributed by atoms with Crippen LogP contribution in [0.3, 0.4) is 0 Å². The summed E-state index contributed by atoms with van der Waals surface area (Å²) >= 11 is 1.44. The molecule has 0 heterocycles. The average molecular weight is 520 g/mol. The number of allylic oxidation sites excluding steroid dienone is 1. The van der Waals surface area contributed by atoms with E-state index in [0.717, 1.165) is 17.5 Å². The maximum atomic E-state index is 14.6. The molecule has 0 radical (unpaired) electrons. The lowest BCUT2D eigenvalue weighted by Crippen LogP contribution is -2.28. The lowest BCUT2D eigenvalue weighted by molar-refractivity contribution is -0.115. The third-order valence-corrected chi connectivity index (χ3v) is 6.65. The SMILES string of the molecule is C/C=C(OC)\C(NSC1CC1c1ccc(OC)c(F)c1)=C(\Nc1ccc(C)cc1F)N(C)C=O.CC. The van der Waals surface area contributed by atoms with Crippen LogP contribution in [0.1, 0.15) is 44.2 Å². The van der Waals surface area contributed by atoms with Crippen LogP contribution >= 0.6 is 11.9 Å². The molecule has 2 aromatic rings.